The fourth-order valence-electron chi connectivity index (χ4n) is 4.58. The van der Waals surface area contributed by atoms with E-state index in [9.17, 15) is 10.2 Å². The first-order valence-electron chi connectivity index (χ1n) is 10.2. The number of hydrogen-bond acceptors (Lipinski definition) is 6. The van der Waals surface area contributed by atoms with Crippen molar-refractivity contribution < 1.29 is 14.9 Å². The molecule has 28 heavy (non-hydrogen) atoms. The summed E-state index contributed by atoms with van der Waals surface area (Å²) in [6.07, 6.45) is 4.69. The highest BCUT2D eigenvalue weighted by Crippen LogP contribution is 2.35. The topological polar surface area (TPSA) is 87.5 Å². The first-order chi connectivity index (χ1) is 13.7. The molecule has 2 aromatic rings. The maximum absolute atomic E-state index is 10.5. The van der Waals surface area contributed by atoms with Crippen LogP contribution in [0.1, 0.15) is 25.0 Å². The highest BCUT2D eigenvalue weighted by atomic mass is 16.5. The summed E-state index contributed by atoms with van der Waals surface area (Å²) in [6.45, 7) is 1.56. The molecule has 2 fully saturated rings. The lowest BCUT2D eigenvalue weighted by atomic mass is 9.88. The van der Waals surface area contributed by atoms with Gasteiger partial charge in [-0.25, -0.2) is 9.97 Å². The fraction of sp³-hybridized carbons (Fsp3) is 0.545. The number of benzene rings is 1. The first kappa shape index (κ1) is 19.5. The van der Waals surface area contributed by atoms with Gasteiger partial charge in [0, 0.05) is 55.3 Å². The average molecular weight is 383 g/mol. The predicted molar refractivity (Wildman–Crippen MR) is 107 cm³/mol. The van der Waals surface area contributed by atoms with Gasteiger partial charge in [-0.05, 0) is 37.7 Å². The molecule has 6 nitrogen and oxygen atoms in total. The number of aliphatic hydroxyl groups excluding tert-OH is 2. The molecule has 6 heteroatoms. The molecule has 2 aliphatic rings. The largest absolute Gasteiger partial charge is 0.396 e. The van der Waals surface area contributed by atoms with Crippen LogP contribution >= 0.6 is 0 Å². The van der Waals surface area contributed by atoms with Gasteiger partial charge in [-0.3, -0.25) is 0 Å². The Bertz CT molecular complexity index is 752. The number of nitrogens with zero attached hydrogens (tertiary/aromatic N) is 2. The fourth-order valence-corrected chi connectivity index (χ4v) is 4.58. The average Bonchev–Trinajstić information content (AvgIpc) is 3.03. The summed E-state index contributed by atoms with van der Waals surface area (Å²) in [6, 6.07) is 12.5. The monoisotopic (exact) mass is 383 g/mol. The molecule has 0 bridgehead atoms. The number of rotatable bonds is 6. The third-order valence-electron chi connectivity index (χ3n) is 6.13. The Labute approximate surface area is 166 Å². The second kappa shape index (κ2) is 9.09. The Morgan fingerprint density at radius 3 is 2.61 bits per heavy atom. The minimum atomic E-state index is -0.484. The van der Waals surface area contributed by atoms with Crippen LogP contribution in [-0.2, 0) is 11.2 Å². The van der Waals surface area contributed by atoms with Gasteiger partial charge < -0.3 is 20.3 Å². The molecule has 1 aromatic heterocycles. The van der Waals surface area contributed by atoms with E-state index in [2.05, 4.69) is 10.3 Å². The van der Waals surface area contributed by atoms with E-state index in [-0.39, 0.29) is 24.5 Å². The number of hydrogen-bond donors (Lipinski definition) is 3. The van der Waals surface area contributed by atoms with Crippen LogP contribution in [0.4, 0.5) is 0 Å². The van der Waals surface area contributed by atoms with Crippen molar-refractivity contribution in [3.63, 3.8) is 0 Å². The summed E-state index contributed by atoms with van der Waals surface area (Å²) in [5.41, 5.74) is 1.94. The van der Waals surface area contributed by atoms with Crippen LogP contribution in [0.2, 0.25) is 0 Å². The van der Waals surface area contributed by atoms with Gasteiger partial charge in [0.1, 0.15) is 0 Å². The van der Waals surface area contributed by atoms with Crippen LogP contribution in [-0.4, -0.2) is 58.2 Å². The molecule has 4 rings (SSSR count). The molecule has 0 unspecified atom stereocenters. The Hall–Kier alpha value is -1.86. The SMILES string of the molecule is OC[C@@H]1[C@@H](Cc2ccnc(-c3ccccc3)n2)[C@H](NC2CCOCC2)C[C@H]1O. The van der Waals surface area contributed by atoms with Gasteiger partial charge in [0.25, 0.3) is 0 Å². The lowest BCUT2D eigenvalue weighted by molar-refractivity contribution is 0.0678. The summed E-state index contributed by atoms with van der Waals surface area (Å²) in [4.78, 5) is 9.17. The van der Waals surface area contributed by atoms with E-state index < -0.39 is 6.10 Å². The first-order valence-corrected chi connectivity index (χ1v) is 10.2. The van der Waals surface area contributed by atoms with E-state index in [4.69, 9.17) is 9.72 Å². The van der Waals surface area contributed by atoms with Crippen molar-refractivity contribution in [2.45, 2.75) is 43.9 Å². The van der Waals surface area contributed by atoms with E-state index >= 15 is 0 Å². The van der Waals surface area contributed by atoms with Gasteiger partial charge in [-0.1, -0.05) is 30.3 Å². The van der Waals surface area contributed by atoms with Crippen molar-refractivity contribution in [1.82, 2.24) is 15.3 Å². The lowest BCUT2D eigenvalue weighted by Gasteiger charge is -2.31. The second-order valence-electron chi connectivity index (χ2n) is 7.91. The van der Waals surface area contributed by atoms with Gasteiger partial charge in [-0.2, -0.15) is 0 Å². The number of nitrogens with one attached hydrogen (secondary N) is 1. The molecule has 1 aliphatic heterocycles. The molecule has 1 aliphatic carbocycles. The summed E-state index contributed by atoms with van der Waals surface area (Å²) < 4.78 is 5.46. The standard InChI is InChI=1S/C22H29N3O3/c26-14-19-18(20(13-21(19)27)24-16-7-10-28-11-8-16)12-17-6-9-23-22(25-17)15-4-2-1-3-5-15/h1-6,9,16,18-21,24,26-27H,7-8,10-14H2/t18-,19-,20-,21-/m1/s1. The summed E-state index contributed by atoms with van der Waals surface area (Å²) in [7, 11) is 0. The van der Waals surface area contributed by atoms with Crippen LogP contribution in [0.25, 0.3) is 11.4 Å². The van der Waals surface area contributed by atoms with Crippen molar-refractivity contribution in [3.05, 3.63) is 48.3 Å². The lowest BCUT2D eigenvalue weighted by Crippen LogP contribution is -2.44. The molecule has 1 aromatic carbocycles. The Balaban J connectivity index is 1.51. The number of aliphatic hydroxyl groups is 2. The van der Waals surface area contributed by atoms with Crippen LogP contribution in [0.5, 0.6) is 0 Å². The Morgan fingerprint density at radius 1 is 1.07 bits per heavy atom. The Morgan fingerprint density at radius 2 is 1.86 bits per heavy atom. The summed E-state index contributed by atoms with van der Waals surface area (Å²) >= 11 is 0. The van der Waals surface area contributed by atoms with E-state index in [1.165, 1.54) is 0 Å². The van der Waals surface area contributed by atoms with Crippen molar-refractivity contribution >= 4 is 0 Å². The molecule has 150 valence electrons. The van der Waals surface area contributed by atoms with Crippen LogP contribution in [0.15, 0.2) is 42.6 Å². The number of ether oxygens (including phenoxy) is 1. The zero-order chi connectivity index (χ0) is 19.3. The third kappa shape index (κ3) is 4.41. The van der Waals surface area contributed by atoms with Gasteiger partial charge in [0.05, 0.1) is 6.10 Å². The van der Waals surface area contributed by atoms with Crippen LogP contribution in [0, 0.1) is 11.8 Å². The molecular formula is C22H29N3O3. The van der Waals surface area contributed by atoms with Crippen molar-refractivity contribution in [3.8, 4) is 11.4 Å². The molecule has 3 N–H and O–H groups in total. The van der Waals surface area contributed by atoms with Gasteiger partial charge in [-0.15, -0.1) is 0 Å². The zero-order valence-corrected chi connectivity index (χ0v) is 16.1. The van der Waals surface area contributed by atoms with Gasteiger partial charge >= 0.3 is 0 Å². The van der Waals surface area contributed by atoms with E-state index in [1.807, 2.05) is 36.4 Å². The minimum absolute atomic E-state index is 0.00554. The highest BCUT2D eigenvalue weighted by molar-refractivity contribution is 5.54. The summed E-state index contributed by atoms with van der Waals surface area (Å²) in [5, 5.41) is 24.1. The molecule has 0 spiro atoms. The molecule has 2 heterocycles. The maximum Gasteiger partial charge on any atom is 0.159 e. The smallest absolute Gasteiger partial charge is 0.159 e. The van der Waals surface area contributed by atoms with Gasteiger partial charge in [0.2, 0.25) is 0 Å². The van der Waals surface area contributed by atoms with E-state index in [0.29, 0.717) is 24.7 Å². The number of aromatic nitrogens is 2. The predicted octanol–water partition coefficient (Wildman–Crippen LogP) is 1.81. The van der Waals surface area contributed by atoms with Crippen molar-refractivity contribution in [2.75, 3.05) is 19.8 Å². The minimum Gasteiger partial charge on any atom is -0.396 e. The van der Waals surface area contributed by atoms with Crippen molar-refractivity contribution in [2.24, 2.45) is 11.8 Å². The normalized spacial score (nSPS) is 28.5. The highest BCUT2D eigenvalue weighted by Gasteiger charge is 2.42. The quantitative estimate of drug-likeness (QED) is 0.705. The zero-order valence-electron chi connectivity index (χ0n) is 16.1. The second-order valence-corrected chi connectivity index (χ2v) is 7.91. The van der Waals surface area contributed by atoms with E-state index in [0.717, 1.165) is 37.3 Å². The third-order valence-corrected chi connectivity index (χ3v) is 6.13. The molecule has 1 saturated heterocycles. The molecule has 0 radical (unpaired) electrons. The Kier molecular flexibility index (Phi) is 6.32. The van der Waals surface area contributed by atoms with E-state index in [1.54, 1.807) is 6.20 Å². The van der Waals surface area contributed by atoms with Gasteiger partial charge in [0.15, 0.2) is 5.82 Å². The maximum atomic E-state index is 10.5. The summed E-state index contributed by atoms with van der Waals surface area (Å²) in [5.74, 6) is 0.722. The van der Waals surface area contributed by atoms with Crippen molar-refractivity contribution in [1.29, 1.82) is 0 Å². The molecule has 4 atom stereocenters. The van der Waals surface area contributed by atoms with Crippen LogP contribution in [0.3, 0.4) is 0 Å². The molecular weight excluding hydrogens is 354 g/mol. The van der Waals surface area contributed by atoms with Crippen LogP contribution < -0.4 is 5.32 Å². The molecule has 1 saturated carbocycles. The molecule has 0 amide bonds.